The molecular weight excluding hydrogens is 499 g/mol. The fraction of sp³-hybridized carbons (Fsp3) is 0.143. The number of fused-ring (bicyclic) bond motifs is 1. The van der Waals surface area contributed by atoms with Crippen molar-refractivity contribution in [2.24, 2.45) is 0 Å². The van der Waals surface area contributed by atoms with Crippen molar-refractivity contribution in [1.29, 1.82) is 0 Å². The van der Waals surface area contributed by atoms with Crippen molar-refractivity contribution in [2.45, 2.75) is 19.8 Å². The molecule has 0 unspecified atom stereocenters. The SMILES string of the molecule is COc1ccc(-c2nc3cc(C(C)C)ccc3o2)cc1NC(=O)c1ccc(-c2ccc(Cl)cc2Cl)o1. The number of nitrogens with one attached hydrogen (secondary N) is 1. The smallest absolute Gasteiger partial charge is 0.291 e. The maximum Gasteiger partial charge on any atom is 0.291 e. The number of methoxy groups -OCH3 is 1. The number of anilines is 1. The third-order valence-electron chi connectivity index (χ3n) is 5.80. The fourth-order valence-corrected chi connectivity index (χ4v) is 4.35. The van der Waals surface area contributed by atoms with Crippen LogP contribution in [0.15, 0.2) is 75.6 Å². The van der Waals surface area contributed by atoms with Crippen LogP contribution in [0.4, 0.5) is 5.69 Å². The predicted octanol–water partition coefficient (Wildman–Crippen LogP) is 8.45. The molecule has 8 heteroatoms. The zero-order chi connectivity index (χ0) is 25.4. The van der Waals surface area contributed by atoms with Crippen molar-refractivity contribution >= 4 is 45.9 Å². The van der Waals surface area contributed by atoms with Gasteiger partial charge < -0.3 is 18.9 Å². The van der Waals surface area contributed by atoms with Gasteiger partial charge >= 0.3 is 0 Å². The monoisotopic (exact) mass is 520 g/mol. The minimum absolute atomic E-state index is 0.117. The molecule has 0 radical (unpaired) electrons. The van der Waals surface area contributed by atoms with Crippen LogP contribution in [0.25, 0.3) is 33.9 Å². The Hall–Kier alpha value is -3.74. The number of furan rings is 1. The van der Waals surface area contributed by atoms with Crippen LogP contribution >= 0.6 is 23.2 Å². The molecule has 0 spiro atoms. The first-order valence-corrected chi connectivity index (χ1v) is 12.0. The molecule has 1 N–H and O–H groups in total. The largest absolute Gasteiger partial charge is 0.495 e. The summed E-state index contributed by atoms with van der Waals surface area (Å²) >= 11 is 12.3. The van der Waals surface area contributed by atoms with E-state index in [1.54, 1.807) is 42.5 Å². The van der Waals surface area contributed by atoms with Crippen molar-refractivity contribution in [3.8, 4) is 28.5 Å². The number of amides is 1. The van der Waals surface area contributed by atoms with Crippen molar-refractivity contribution < 1.29 is 18.4 Å². The maximum absolute atomic E-state index is 13.0. The van der Waals surface area contributed by atoms with Crippen LogP contribution in [0.3, 0.4) is 0 Å². The van der Waals surface area contributed by atoms with E-state index in [4.69, 9.17) is 36.8 Å². The maximum atomic E-state index is 13.0. The summed E-state index contributed by atoms with van der Waals surface area (Å²) < 4.78 is 17.2. The van der Waals surface area contributed by atoms with E-state index in [9.17, 15) is 4.79 Å². The summed E-state index contributed by atoms with van der Waals surface area (Å²) in [6.07, 6.45) is 0. The van der Waals surface area contributed by atoms with Crippen molar-refractivity contribution in [2.75, 3.05) is 12.4 Å². The highest BCUT2D eigenvalue weighted by Gasteiger charge is 2.18. The van der Waals surface area contributed by atoms with Gasteiger partial charge in [0.1, 0.15) is 17.0 Å². The van der Waals surface area contributed by atoms with Gasteiger partial charge in [0.2, 0.25) is 5.89 Å². The molecule has 1 amide bonds. The Balaban J connectivity index is 1.43. The minimum atomic E-state index is -0.444. The fourth-order valence-electron chi connectivity index (χ4n) is 3.84. The van der Waals surface area contributed by atoms with Crippen LogP contribution in [-0.4, -0.2) is 18.0 Å². The molecule has 5 aromatic rings. The summed E-state index contributed by atoms with van der Waals surface area (Å²) in [5.41, 5.74) is 4.44. The standard InChI is InChI=1S/C28H22Cl2N2O4/c1-15(2)16-4-9-25-22(12-16)32-28(36-25)17-5-8-24(34-3)21(13-17)31-27(33)26-11-10-23(35-26)19-7-6-18(29)14-20(19)30/h4-15H,1-3H3,(H,31,33). The topological polar surface area (TPSA) is 77.5 Å². The van der Waals surface area contributed by atoms with Gasteiger partial charge in [0, 0.05) is 16.1 Å². The van der Waals surface area contributed by atoms with Gasteiger partial charge in [-0.25, -0.2) is 4.98 Å². The second kappa shape index (κ2) is 9.72. The Morgan fingerprint density at radius 2 is 1.81 bits per heavy atom. The average Bonchev–Trinajstić information content (AvgIpc) is 3.51. The number of halogens is 2. The van der Waals surface area contributed by atoms with Gasteiger partial charge in [-0.15, -0.1) is 0 Å². The molecule has 0 atom stereocenters. The Bertz CT molecular complexity index is 1590. The molecule has 2 aromatic heterocycles. The molecule has 6 nitrogen and oxygen atoms in total. The van der Waals surface area contributed by atoms with E-state index in [2.05, 4.69) is 24.1 Å². The lowest BCUT2D eigenvalue weighted by Crippen LogP contribution is -2.11. The van der Waals surface area contributed by atoms with Gasteiger partial charge in [-0.1, -0.05) is 43.1 Å². The molecule has 2 heterocycles. The molecule has 182 valence electrons. The van der Waals surface area contributed by atoms with Crippen LogP contribution in [0.5, 0.6) is 5.75 Å². The van der Waals surface area contributed by atoms with E-state index in [1.165, 1.54) is 12.7 Å². The number of ether oxygens (including phenoxy) is 1. The van der Waals surface area contributed by atoms with E-state index in [0.717, 1.165) is 5.52 Å². The zero-order valence-corrected chi connectivity index (χ0v) is 21.3. The average molecular weight is 521 g/mol. The third-order valence-corrected chi connectivity index (χ3v) is 6.35. The zero-order valence-electron chi connectivity index (χ0n) is 19.8. The first kappa shape index (κ1) is 24.0. The Kier molecular flexibility index (Phi) is 6.48. The minimum Gasteiger partial charge on any atom is -0.495 e. The van der Waals surface area contributed by atoms with Crippen LogP contribution in [-0.2, 0) is 0 Å². The predicted molar refractivity (Wildman–Crippen MR) is 142 cm³/mol. The summed E-state index contributed by atoms with van der Waals surface area (Å²) in [6.45, 7) is 4.26. The third kappa shape index (κ3) is 4.70. The summed E-state index contributed by atoms with van der Waals surface area (Å²) in [5.74, 6) is 1.44. The molecule has 0 aliphatic rings. The van der Waals surface area contributed by atoms with Gasteiger partial charge in [-0.05, 0) is 72.1 Å². The van der Waals surface area contributed by atoms with Crippen LogP contribution in [0, 0.1) is 0 Å². The summed E-state index contributed by atoms with van der Waals surface area (Å²) in [4.78, 5) is 17.7. The van der Waals surface area contributed by atoms with Gasteiger partial charge in [0.25, 0.3) is 5.91 Å². The number of hydrogen-bond donors (Lipinski definition) is 1. The Morgan fingerprint density at radius 3 is 2.56 bits per heavy atom. The van der Waals surface area contributed by atoms with Crippen LogP contribution in [0.1, 0.15) is 35.9 Å². The molecule has 5 rings (SSSR count). The number of hydrogen-bond acceptors (Lipinski definition) is 5. The summed E-state index contributed by atoms with van der Waals surface area (Å²) in [6, 6.07) is 19.7. The quantitative estimate of drug-likeness (QED) is 0.243. The molecule has 0 bridgehead atoms. The highest BCUT2D eigenvalue weighted by molar-refractivity contribution is 6.36. The van der Waals surface area contributed by atoms with E-state index < -0.39 is 5.91 Å². The lowest BCUT2D eigenvalue weighted by molar-refractivity contribution is 0.0997. The van der Waals surface area contributed by atoms with E-state index in [-0.39, 0.29) is 5.76 Å². The number of carbonyl (C=O) groups is 1. The van der Waals surface area contributed by atoms with E-state index in [0.29, 0.717) is 55.8 Å². The highest BCUT2D eigenvalue weighted by Crippen LogP contribution is 2.34. The number of rotatable bonds is 6. The van der Waals surface area contributed by atoms with Crippen LogP contribution in [0.2, 0.25) is 10.0 Å². The van der Waals surface area contributed by atoms with E-state index >= 15 is 0 Å². The Labute approximate surface area is 217 Å². The van der Waals surface area contributed by atoms with Crippen molar-refractivity contribution in [1.82, 2.24) is 4.98 Å². The second-order valence-corrected chi connectivity index (χ2v) is 9.40. The number of aromatic nitrogens is 1. The van der Waals surface area contributed by atoms with Crippen molar-refractivity contribution in [3.63, 3.8) is 0 Å². The molecular formula is C28H22Cl2N2O4. The highest BCUT2D eigenvalue weighted by atomic mass is 35.5. The van der Waals surface area contributed by atoms with Gasteiger partial charge in [-0.2, -0.15) is 0 Å². The van der Waals surface area contributed by atoms with Crippen LogP contribution < -0.4 is 10.1 Å². The van der Waals surface area contributed by atoms with Gasteiger partial charge in [0.05, 0.1) is 17.8 Å². The second-order valence-electron chi connectivity index (χ2n) is 8.56. The number of oxazole rings is 1. The van der Waals surface area contributed by atoms with E-state index in [1.807, 2.05) is 24.3 Å². The lowest BCUT2D eigenvalue weighted by Gasteiger charge is -2.10. The van der Waals surface area contributed by atoms with Crippen molar-refractivity contribution in [3.05, 3.63) is 88.1 Å². The molecule has 0 saturated heterocycles. The van der Waals surface area contributed by atoms with Gasteiger partial charge in [0.15, 0.2) is 11.3 Å². The first-order valence-electron chi connectivity index (χ1n) is 11.3. The van der Waals surface area contributed by atoms with Gasteiger partial charge in [-0.3, -0.25) is 4.79 Å². The number of benzene rings is 3. The first-order chi connectivity index (χ1) is 17.3. The molecule has 36 heavy (non-hydrogen) atoms. The molecule has 0 aliphatic carbocycles. The number of nitrogens with zero attached hydrogens (tertiary/aromatic N) is 1. The number of carbonyl (C=O) groups excluding carboxylic acids is 1. The molecule has 0 aliphatic heterocycles. The summed E-state index contributed by atoms with van der Waals surface area (Å²) in [5, 5.41) is 3.79. The normalized spacial score (nSPS) is 11.3. The summed E-state index contributed by atoms with van der Waals surface area (Å²) in [7, 11) is 1.53. The molecule has 0 fully saturated rings. The Morgan fingerprint density at radius 1 is 0.972 bits per heavy atom. The molecule has 3 aromatic carbocycles. The molecule has 0 saturated carbocycles. The lowest BCUT2D eigenvalue weighted by atomic mass is 10.0.